The fourth-order valence-corrected chi connectivity index (χ4v) is 1.99. The summed E-state index contributed by atoms with van der Waals surface area (Å²) in [6, 6.07) is 0. The highest BCUT2D eigenvalue weighted by Crippen LogP contribution is 2.31. The molecule has 1 aromatic heterocycles. The quantitative estimate of drug-likeness (QED) is 0.758. The van der Waals surface area contributed by atoms with Gasteiger partial charge in [-0.15, -0.1) is 17.4 Å². The number of aromatic nitrogens is 2. The number of rotatable bonds is 2. The monoisotopic (exact) mass is 210 g/mol. The molecule has 0 saturated carbocycles. The minimum atomic E-state index is -0.630. The molecule has 1 aromatic rings. The smallest absolute Gasteiger partial charge is 0.103 e. The van der Waals surface area contributed by atoms with Gasteiger partial charge in [0.15, 0.2) is 0 Å². The van der Waals surface area contributed by atoms with E-state index in [-0.39, 0.29) is 5.41 Å². The Morgan fingerprint density at radius 3 is 2.71 bits per heavy atom. The van der Waals surface area contributed by atoms with Crippen LogP contribution >= 0.6 is 11.5 Å². The summed E-state index contributed by atoms with van der Waals surface area (Å²) in [5.41, 5.74) is 0.739. The Balaban J connectivity index is 3.00. The van der Waals surface area contributed by atoms with E-state index in [1.807, 2.05) is 20.8 Å². The van der Waals surface area contributed by atoms with E-state index in [1.54, 1.807) is 0 Å². The number of terminal acetylenes is 1. The van der Waals surface area contributed by atoms with Crippen molar-refractivity contribution < 1.29 is 5.11 Å². The van der Waals surface area contributed by atoms with Crippen molar-refractivity contribution in [2.24, 2.45) is 0 Å². The van der Waals surface area contributed by atoms with Gasteiger partial charge in [-0.3, -0.25) is 0 Å². The predicted octanol–water partition coefficient (Wildman–Crippen LogP) is 1.89. The normalized spacial score (nSPS) is 13.6. The van der Waals surface area contributed by atoms with Gasteiger partial charge >= 0.3 is 0 Å². The second-order valence-electron chi connectivity index (χ2n) is 4.16. The van der Waals surface area contributed by atoms with Crippen molar-refractivity contribution >= 4 is 11.5 Å². The molecule has 0 spiro atoms. The van der Waals surface area contributed by atoms with E-state index in [0.717, 1.165) is 10.6 Å². The van der Waals surface area contributed by atoms with Gasteiger partial charge in [0.25, 0.3) is 0 Å². The van der Waals surface area contributed by atoms with Crippen LogP contribution in [0, 0.1) is 12.3 Å². The molecule has 0 fully saturated rings. The van der Waals surface area contributed by atoms with E-state index in [0.29, 0.717) is 6.42 Å². The van der Waals surface area contributed by atoms with Crippen molar-refractivity contribution in [1.29, 1.82) is 0 Å². The Labute approximate surface area is 88.3 Å². The molecule has 0 aliphatic heterocycles. The van der Waals surface area contributed by atoms with E-state index in [9.17, 15) is 5.11 Å². The van der Waals surface area contributed by atoms with Crippen LogP contribution in [0.1, 0.15) is 43.9 Å². The minimum absolute atomic E-state index is 0.0993. The molecule has 0 radical (unpaired) electrons. The lowest BCUT2D eigenvalue weighted by Gasteiger charge is -2.17. The van der Waals surface area contributed by atoms with Crippen LogP contribution in [0.15, 0.2) is 0 Å². The second-order valence-corrected chi connectivity index (χ2v) is 4.95. The van der Waals surface area contributed by atoms with Gasteiger partial charge in [0.1, 0.15) is 6.10 Å². The van der Waals surface area contributed by atoms with Crippen molar-refractivity contribution in [2.75, 3.05) is 0 Å². The molecule has 3 nitrogen and oxygen atoms in total. The Kier molecular flexibility index (Phi) is 3.25. The molecule has 14 heavy (non-hydrogen) atoms. The Hall–Kier alpha value is -0.920. The van der Waals surface area contributed by atoms with E-state index in [2.05, 4.69) is 15.5 Å². The molecule has 0 bridgehead atoms. The Bertz CT molecular complexity index is 346. The summed E-state index contributed by atoms with van der Waals surface area (Å²) in [6.45, 7) is 6.11. The first-order chi connectivity index (χ1) is 6.46. The lowest BCUT2D eigenvalue weighted by molar-refractivity contribution is 0.185. The number of aliphatic hydroxyl groups excluding tert-OH is 1. The van der Waals surface area contributed by atoms with Gasteiger partial charge in [-0.2, -0.15) is 0 Å². The van der Waals surface area contributed by atoms with Crippen LogP contribution < -0.4 is 0 Å². The summed E-state index contributed by atoms with van der Waals surface area (Å²) >= 11 is 1.22. The third-order valence-electron chi connectivity index (χ3n) is 1.84. The molecule has 1 heterocycles. The van der Waals surface area contributed by atoms with Crippen molar-refractivity contribution in [3.63, 3.8) is 0 Å². The molecular weight excluding hydrogens is 196 g/mol. The van der Waals surface area contributed by atoms with E-state index in [1.165, 1.54) is 11.5 Å². The van der Waals surface area contributed by atoms with Gasteiger partial charge in [-0.05, 0) is 11.5 Å². The minimum Gasteiger partial charge on any atom is -0.386 e. The van der Waals surface area contributed by atoms with E-state index >= 15 is 0 Å². The second kappa shape index (κ2) is 4.07. The average Bonchev–Trinajstić information content (AvgIpc) is 2.50. The SMILES string of the molecule is C#CCC(O)c1snnc1C(C)(C)C. The lowest BCUT2D eigenvalue weighted by atomic mass is 9.90. The molecule has 0 aliphatic rings. The molecule has 1 rings (SSSR count). The van der Waals surface area contributed by atoms with Gasteiger partial charge in [0.2, 0.25) is 0 Å². The zero-order valence-electron chi connectivity index (χ0n) is 8.61. The summed E-state index contributed by atoms with van der Waals surface area (Å²) in [4.78, 5) is 0.787. The van der Waals surface area contributed by atoms with Gasteiger partial charge in [0, 0.05) is 11.8 Å². The molecule has 4 heteroatoms. The molecule has 1 N–H and O–H groups in total. The predicted molar refractivity (Wildman–Crippen MR) is 57.0 cm³/mol. The van der Waals surface area contributed by atoms with Crippen molar-refractivity contribution in [3.8, 4) is 12.3 Å². The first-order valence-electron chi connectivity index (χ1n) is 4.41. The third-order valence-corrected chi connectivity index (χ3v) is 2.66. The van der Waals surface area contributed by atoms with Crippen molar-refractivity contribution in [1.82, 2.24) is 9.59 Å². The first kappa shape index (κ1) is 11.2. The molecule has 0 aromatic carbocycles. The van der Waals surface area contributed by atoms with Crippen LogP contribution in [0.3, 0.4) is 0 Å². The van der Waals surface area contributed by atoms with E-state index in [4.69, 9.17) is 6.42 Å². The zero-order valence-corrected chi connectivity index (χ0v) is 9.43. The summed E-state index contributed by atoms with van der Waals surface area (Å²) in [5.74, 6) is 2.44. The summed E-state index contributed by atoms with van der Waals surface area (Å²) < 4.78 is 3.85. The fourth-order valence-electron chi connectivity index (χ4n) is 1.14. The van der Waals surface area contributed by atoms with Crippen LogP contribution in [-0.4, -0.2) is 14.7 Å². The molecule has 1 atom stereocenters. The van der Waals surface area contributed by atoms with Gasteiger partial charge < -0.3 is 5.11 Å². The zero-order chi connectivity index (χ0) is 10.8. The maximum absolute atomic E-state index is 9.74. The fraction of sp³-hybridized carbons (Fsp3) is 0.600. The molecular formula is C10H14N2OS. The van der Waals surface area contributed by atoms with Crippen LogP contribution in [0.2, 0.25) is 0 Å². The molecule has 76 valence electrons. The van der Waals surface area contributed by atoms with Crippen LogP contribution in [0.25, 0.3) is 0 Å². The van der Waals surface area contributed by atoms with Gasteiger partial charge in [0.05, 0.1) is 10.6 Å². The number of nitrogens with zero attached hydrogens (tertiary/aromatic N) is 2. The maximum Gasteiger partial charge on any atom is 0.103 e. The highest BCUT2D eigenvalue weighted by molar-refractivity contribution is 7.05. The van der Waals surface area contributed by atoms with Crippen LogP contribution in [-0.2, 0) is 5.41 Å². The highest BCUT2D eigenvalue weighted by atomic mass is 32.1. The molecule has 0 amide bonds. The number of aliphatic hydroxyl groups is 1. The molecule has 0 saturated heterocycles. The highest BCUT2D eigenvalue weighted by Gasteiger charge is 2.25. The summed E-state index contributed by atoms with van der Waals surface area (Å²) in [5, 5.41) is 13.8. The van der Waals surface area contributed by atoms with Gasteiger partial charge in [-0.1, -0.05) is 25.3 Å². The topological polar surface area (TPSA) is 46.0 Å². The molecule has 1 unspecified atom stereocenters. The van der Waals surface area contributed by atoms with Gasteiger partial charge in [-0.25, -0.2) is 0 Å². The standard InChI is InChI=1S/C10H14N2OS/c1-5-6-7(13)8-9(10(2,3)4)11-12-14-8/h1,7,13H,6H2,2-4H3. The molecule has 0 aliphatic carbocycles. The summed E-state index contributed by atoms with van der Waals surface area (Å²) in [6.07, 6.45) is 4.83. The number of hydrogen-bond acceptors (Lipinski definition) is 4. The Morgan fingerprint density at radius 2 is 2.21 bits per heavy atom. The van der Waals surface area contributed by atoms with E-state index < -0.39 is 6.10 Å². The van der Waals surface area contributed by atoms with Crippen molar-refractivity contribution in [2.45, 2.75) is 38.7 Å². The van der Waals surface area contributed by atoms with Crippen LogP contribution in [0.5, 0.6) is 0 Å². The largest absolute Gasteiger partial charge is 0.386 e. The number of hydrogen-bond donors (Lipinski definition) is 1. The first-order valence-corrected chi connectivity index (χ1v) is 5.18. The average molecular weight is 210 g/mol. The third kappa shape index (κ3) is 2.31. The Morgan fingerprint density at radius 1 is 1.57 bits per heavy atom. The lowest BCUT2D eigenvalue weighted by Crippen LogP contribution is -2.15. The summed E-state index contributed by atoms with van der Waals surface area (Å²) in [7, 11) is 0. The van der Waals surface area contributed by atoms with Crippen molar-refractivity contribution in [3.05, 3.63) is 10.6 Å². The van der Waals surface area contributed by atoms with Crippen LogP contribution in [0.4, 0.5) is 0 Å². The maximum atomic E-state index is 9.74.